The molecule has 0 bridgehead atoms. The molecule has 0 radical (unpaired) electrons. The number of amidine groups is 1. The van der Waals surface area contributed by atoms with Crippen LogP contribution in [-0.4, -0.2) is 39.5 Å². The highest BCUT2D eigenvalue weighted by molar-refractivity contribution is 8.14. The molecule has 1 atom stereocenters. The Labute approximate surface area is 201 Å². The largest absolute Gasteiger partial charge is 0.396 e. The van der Waals surface area contributed by atoms with Gasteiger partial charge in [-0.2, -0.15) is 0 Å². The highest BCUT2D eigenvalue weighted by atomic mass is 32.2. The molecule has 0 fully saturated rings. The van der Waals surface area contributed by atoms with Gasteiger partial charge >= 0.3 is 0 Å². The molecular weight excluding hydrogens is 438 g/mol. The second-order valence-corrected chi connectivity index (χ2v) is 11.7. The van der Waals surface area contributed by atoms with Crippen molar-refractivity contribution >= 4 is 34.5 Å². The van der Waals surface area contributed by atoms with Crippen LogP contribution >= 0.6 is 11.8 Å². The molecule has 8 heteroatoms. The first-order valence-electron chi connectivity index (χ1n) is 11.4. The number of nitrogens with zero attached hydrogens (tertiary/aromatic N) is 2. The monoisotopic (exact) mass is 475 g/mol. The third-order valence-corrected chi connectivity index (χ3v) is 6.67. The Balaban J connectivity index is 2.42. The van der Waals surface area contributed by atoms with Crippen molar-refractivity contribution < 1.29 is 19.5 Å². The summed E-state index contributed by atoms with van der Waals surface area (Å²) in [7, 11) is 0. The summed E-state index contributed by atoms with van der Waals surface area (Å²) >= 11 is 1.35. The maximum atomic E-state index is 13.5. The van der Waals surface area contributed by atoms with Gasteiger partial charge in [-0.3, -0.25) is 14.4 Å². The van der Waals surface area contributed by atoms with Gasteiger partial charge in [-0.15, -0.1) is 5.10 Å². The molecule has 33 heavy (non-hydrogen) atoms. The first kappa shape index (κ1) is 27.1. The number of hydrogen-bond donors (Lipinski definition) is 2. The lowest BCUT2D eigenvalue weighted by Gasteiger charge is -2.38. The summed E-state index contributed by atoms with van der Waals surface area (Å²) in [6.45, 7) is 11.0. The molecule has 182 valence electrons. The number of aliphatic hydroxyl groups excluding tert-OH is 1. The molecule has 1 aliphatic heterocycles. The normalized spacial score (nSPS) is 18.8. The zero-order valence-electron chi connectivity index (χ0n) is 20.6. The fourth-order valence-electron chi connectivity index (χ4n) is 3.36. The summed E-state index contributed by atoms with van der Waals surface area (Å²) in [6, 6.07) is 9.64. The minimum Gasteiger partial charge on any atom is -0.396 e. The summed E-state index contributed by atoms with van der Waals surface area (Å²) in [6.07, 6.45) is 2.20. The topological polar surface area (TPSA) is 99.1 Å². The zero-order chi connectivity index (χ0) is 24.9. The molecule has 2 rings (SSSR count). The van der Waals surface area contributed by atoms with Crippen molar-refractivity contribution in [3.8, 4) is 0 Å². The minimum absolute atomic E-state index is 0.00587. The number of thioether (sulfide) groups is 1. The van der Waals surface area contributed by atoms with Crippen LogP contribution in [-0.2, 0) is 19.3 Å². The van der Waals surface area contributed by atoms with E-state index in [2.05, 4.69) is 10.4 Å². The summed E-state index contributed by atoms with van der Waals surface area (Å²) in [4.78, 5) is 37.5. The van der Waals surface area contributed by atoms with E-state index >= 15 is 0 Å². The lowest BCUT2D eigenvalue weighted by atomic mass is 9.92. The second kappa shape index (κ2) is 10.8. The molecule has 0 aromatic heterocycles. The van der Waals surface area contributed by atoms with Crippen LogP contribution in [0.15, 0.2) is 35.4 Å². The molecule has 0 aliphatic carbocycles. The number of benzene rings is 1. The average molecular weight is 476 g/mol. The van der Waals surface area contributed by atoms with Crippen molar-refractivity contribution in [1.82, 2.24) is 10.3 Å². The Morgan fingerprint density at radius 2 is 1.61 bits per heavy atom. The van der Waals surface area contributed by atoms with Gasteiger partial charge in [0.1, 0.15) is 10.7 Å². The third-order valence-electron chi connectivity index (χ3n) is 5.34. The molecule has 1 aromatic rings. The molecule has 2 amide bonds. The molecule has 0 saturated carbocycles. The van der Waals surface area contributed by atoms with E-state index in [9.17, 15) is 14.4 Å². The van der Waals surface area contributed by atoms with Gasteiger partial charge in [0.25, 0.3) is 0 Å². The minimum atomic E-state index is -0.872. The smallest absolute Gasteiger partial charge is 0.249 e. The molecule has 2 N–H and O–H groups in total. The average Bonchev–Trinajstić information content (AvgIpc) is 3.10. The predicted octanol–water partition coefficient (Wildman–Crippen LogP) is 4.41. The van der Waals surface area contributed by atoms with E-state index in [1.165, 1.54) is 16.8 Å². The molecule has 1 aliphatic rings. The van der Waals surface area contributed by atoms with Gasteiger partial charge < -0.3 is 10.4 Å². The Morgan fingerprint density at radius 1 is 1.00 bits per heavy atom. The zero-order valence-corrected chi connectivity index (χ0v) is 21.4. The van der Waals surface area contributed by atoms with E-state index in [0.717, 1.165) is 5.56 Å². The predicted molar refractivity (Wildman–Crippen MR) is 132 cm³/mol. The maximum absolute atomic E-state index is 13.5. The number of hydrogen-bond acceptors (Lipinski definition) is 6. The second-order valence-electron chi connectivity index (χ2n) is 10.4. The van der Waals surface area contributed by atoms with Gasteiger partial charge in [0, 0.05) is 30.3 Å². The van der Waals surface area contributed by atoms with Gasteiger partial charge in [0.05, 0.1) is 0 Å². The number of carbonyl (C=O) groups is 3. The summed E-state index contributed by atoms with van der Waals surface area (Å²) in [5.41, 5.74) is -0.414. The van der Waals surface area contributed by atoms with Crippen molar-refractivity contribution in [2.24, 2.45) is 15.9 Å². The van der Waals surface area contributed by atoms with E-state index in [1.807, 2.05) is 71.9 Å². The van der Waals surface area contributed by atoms with Crippen LogP contribution in [0.5, 0.6) is 0 Å². The van der Waals surface area contributed by atoms with Gasteiger partial charge in [0.2, 0.25) is 11.8 Å². The van der Waals surface area contributed by atoms with E-state index in [4.69, 9.17) is 5.11 Å². The highest BCUT2D eigenvalue weighted by Crippen LogP contribution is 2.50. The fraction of sp³-hybridized carbons (Fsp3) is 0.600. The van der Waals surface area contributed by atoms with Crippen molar-refractivity contribution in [3.05, 3.63) is 35.9 Å². The molecular formula is C25H37N3O4S. The number of rotatable bonds is 8. The fourth-order valence-corrected chi connectivity index (χ4v) is 4.66. The van der Waals surface area contributed by atoms with Crippen LogP contribution < -0.4 is 5.32 Å². The van der Waals surface area contributed by atoms with Gasteiger partial charge in [-0.05, 0) is 24.8 Å². The van der Waals surface area contributed by atoms with Crippen molar-refractivity contribution in [1.29, 1.82) is 0 Å². The lowest BCUT2D eigenvalue weighted by molar-refractivity contribution is -0.143. The van der Waals surface area contributed by atoms with E-state index in [-0.39, 0.29) is 24.2 Å². The maximum Gasteiger partial charge on any atom is 0.249 e. The number of amides is 2. The van der Waals surface area contributed by atoms with Gasteiger partial charge in [-0.25, -0.2) is 5.01 Å². The number of nitrogens with one attached hydrogen (secondary N) is 1. The first-order chi connectivity index (χ1) is 15.3. The number of carbonyl (C=O) groups excluding carboxylic acids is 3. The number of ketones is 1. The van der Waals surface area contributed by atoms with E-state index in [1.54, 1.807) is 0 Å². The van der Waals surface area contributed by atoms with E-state index in [0.29, 0.717) is 37.3 Å². The molecule has 1 aromatic carbocycles. The Bertz CT molecular complexity index is 887. The SMILES string of the molecule is CC(C)(C)C(=O)NC1=NN(C(=O)C(C)(C)C)C(CCCC(=O)CCCO)(c2ccccc2)S1. The van der Waals surface area contributed by atoms with Gasteiger partial charge in [-0.1, -0.05) is 83.6 Å². The number of aliphatic hydroxyl groups is 1. The Morgan fingerprint density at radius 3 is 2.15 bits per heavy atom. The van der Waals surface area contributed by atoms with Crippen LogP contribution in [0.1, 0.15) is 79.2 Å². The molecule has 1 heterocycles. The summed E-state index contributed by atoms with van der Waals surface area (Å²) < 4.78 is 0. The number of Topliss-reactive ketones (excluding diaryl/α,β-unsaturated/α-hetero) is 1. The molecule has 0 spiro atoms. The summed E-state index contributed by atoms with van der Waals surface area (Å²) in [5.74, 6) is -0.253. The first-order valence-corrected chi connectivity index (χ1v) is 12.2. The lowest BCUT2D eigenvalue weighted by Crippen LogP contribution is -2.46. The van der Waals surface area contributed by atoms with Crippen molar-refractivity contribution in [2.45, 2.75) is 78.5 Å². The van der Waals surface area contributed by atoms with Gasteiger partial charge in [0.15, 0.2) is 5.17 Å². The summed E-state index contributed by atoms with van der Waals surface area (Å²) in [5, 5.41) is 18.4. The number of hydrazone groups is 1. The van der Waals surface area contributed by atoms with Crippen LogP contribution in [0.4, 0.5) is 0 Å². The Kier molecular flexibility index (Phi) is 8.88. The third kappa shape index (κ3) is 6.90. The molecule has 0 saturated heterocycles. The Hall–Kier alpha value is -2.19. The van der Waals surface area contributed by atoms with Crippen LogP contribution in [0.25, 0.3) is 0 Å². The van der Waals surface area contributed by atoms with Crippen LogP contribution in [0, 0.1) is 10.8 Å². The quantitative estimate of drug-likeness (QED) is 0.580. The van der Waals surface area contributed by atoms with Crippen molar-refractivity contribution in [2.75, 3.05) is 6.61 Å². The van der Waals surface area contributed by atoms with Crippen molar-refractivity contribution in [3.63, 3.8) is 0 Å². The highest BCUT2D eigenvalue weighted by Gasteiger charge is 2.50. The van der Waals surface area contributed by atoms with Crippen LogP contribution in [0.2, 0.25) is 0 Å². The molecule has 7 nitrogen and oxygen atoms in total. The molecule has 1 unspecified atom stereocenters. The standard InChI is InChI=1S/C25H37N3O4S/c1-23(2,3)20(31)26-22-27-28(21(32)24(4,5)6)25(33-22,18-12-8-7-9-13-18)16-10-14-19(30)15-11-17-29/h7-9,12-13,29H,10-11,14-17H2,1-6H3,(H,26,27,31). The van der Waals surface area contributed by atoms with Crippen LogP contribution in [0.3, 0.4) is 0 Å². The van der Waals surface area contributed by atoms with E-state index < -0.39 is 15.7 Å².